The Morgan fingerprint density at radius 1 is 0.811 bits per heavy atom. The van der Waals surface area contributed by atoms with Crippen molar-refractivity contribution in [2.24, 2.45) is 11.8 Å². The van der Waals surface area contributed by atoms with Crippen LogP contribution in [0.15, 0.2) is 66.7 Å². The Labute approximate surface area is 223 Å². The number of imide groups is 1. The van der Waals surface area contributed by atoms with Crippen molar-refractivity contribution in [2.45, 2.75) is 31.5 Å². The SMILES string of the molecule is CC(C)c1ccc([C@@H]2OC3(C(=O)c4ccccc4C3=O)[C@@H]3C(=O)N(c4ccc(Cl)c(Cl)c4)C(=O)[C@@H]32)cc1. The maximum absolute atomic E-state index is 14.0. The number of ketones is 2. The van der Waals surface area contributed by atoms with Gasteiger partial charge in [-0.05, 0) is 35.2 Å². The number of Topliss-reactive ketones (excluding diaryl/α,β-unsaturated/α-hetero) is 2. The highest BCUT2D eigenvalue weighted by atomic mass is 35.5. The fourth-order valence-corrected chi connectivity index (χ4v) is 6.06. The second kappa shape index (κ2) is 8.35. The smallest absolute Gasteiger partial charge is 0.241 e. The second-order valence-corrected chi connectivity index (χ2v) is 10.7. The number of benzene rings is 3. The second-order valence-electron chi connectivity index (χ2n) is 9.91. The van der Waals surface area contributed by atoms with Gasteiger partial charge in [0.15, 0.2) is 0 Å². The van der Waals surface area contributed by atoms with Gasteiger partial charge in [0.05, 0.1) is 33.7 Å². The maximum Gasteiger partial charge on any atom is 0.241 e. The third kappa shape index (κ3) is 3.22. The largest absolute Gasteiger partial charge is 0.349 e. The maximum atomic E-state index is 14.0. The molecule has 3 aromatic rings. The van der Waals surface area contributed by atoms with Crippen molar-refractivity contribution in [1.82, 2.24) is 0 Å². The van der Waals surface area contributed by atoms with Gasteiger partial charge in [-0.1, -0.05) is 85.6 Å². The molecule has 1 spiro atoms. The minimum Gasteiger partial charge on any atom is -0.349 e. The summed E-state index contributed by atoms with van der Waals surface area (Å²) in [6, 6.07) is 18.3. The Morgan fingerprint density at radius 2 is 1.43 bits per heavy atom. The van der Waals surface area contributed by atoms with E-state index in [9.17, 15) is 19.2 Å². The number of nitrogens with zero attached hydrogens (tertiary/aromatic N) is 1. The van der Waals surface area contributed by atoms with Gasteiger partial charge in [0, 0.05) is 11.1 Å². The molecule has 1 aliphatic carbocycles. The predicted octanol–water partition coefficient (Wildman–Crippen LogP) is 5.81. The third-order valence-electron chi connectivity index (χ3n) is 7.61. The average molecular weight is 534 g/mol. The Balaban J connectivity index is 1.52. The Kier molecular flexibility index (Phi) is 5.42. The number of halogens is 2. The normalized spacial score (nSPS) is 23.9. The van der Waals surface area contributed by atoms with Crippen LogP contribution >= 0.6 is 23.2 Å². The highest BCUT2D eigenvalue weighted by Crippen LogP contribution is 2.57. The molecule has 8 heteroatoms. The summed E-state index contributed by atoms with van der Waals surface area (Å²) in [4.78, 5) is 56.5. The number of anilines is 1. The summed E-state index contributed by atoms with van der Waals surface area (Å²) in [6.45, 7) is 4.13. The van der Waals surface area contributed by atoms with Crippen LogP contribution in [0.1, 0.15) is 57.7 Å². The molecule has 6 nitrogen and oxygen atoms in total. The zero-order valence-electron chi connectivity index (χ0n) is 19.9. The lowest BCUT2D eigenvalue weighted by atomic mass is 9.77. The average Bonchev–Trinajstić information content (AvgIpc) is 3.46. The number of carbonyl (C=O) groups excluding carboxylic acids is 4. The van der Waals surface area contributed by atoms with E-state index in [1.54, 1.807) is 24.3 Å². The number of amides is 2. The van der Waals surface area contributed by atoms with E-state index in [4.69, 9.17) is 27.9 Å². The molecular weight excluding hydrogens is 513 g/mol. The van der Waals surface area contributed by atoms with E-state index in [0.29, 0.717) is 5.56 Å². The topological polar surface area (TPSA) is 80.8 Å². The Hall–Kier alpha value is -3.32. The number of rotatable bonds is 3. The van der Waals surface area contributed by atoms with Crippen molar-refractivity contribution in [2.75, 3.05) is 4.90 Å². The van der Waals surface area contributed by atoms with Crippen LogP contribution in [0.5, 0.6) is 0 Å². The van der Waals surface area contributed by atoms with Gasteiger partial charge in [-0.25, -0.2) is 4.90 Å². The molecule has 2 fully saturated rings. The summed E-state index contributed by atoms with van der Waals surface area (Å²) in [5, 5.41) is 0.438. The Bertz CT molecular complexity index is 1480. The number of hydrogen-bond donors (Lipinski definition) is 0. The van der Waals surface area contributed by atoms with E-state index in [0.717, 1.165) is 10.5 Å². The summed E-state index contributed by atoms with van der Waals surface area (Å²) in [7, 11) is 0. The van der Waals surface area contributed by atoms with Gasteiger partial charge < -0.3 is 4.74 Å². The fourth-order valence-electron chi connectivity index (χ4n) is 5.77. The zero-order chi connectivity index (χ0) is 26.2. The molecule has 2 saturated heterocycles. The van der Waals surface area contributed by atoms with Gasteiger partial charge in [-0.3, -0.25) is 19.2 Å². The molecule has 6 rings (SSSR count). The van der Waals surface area contributed by atoms with Crippen LogP contribution in [0.3, 0.4) is 0 Å². The van der Waals surface area contributed by atoms with Crippen LogP contribution in [0.25, 0.3) is 0 Å². The molecule has 2 amide bonds. The molecule has 37 heavy (non-hydrogen) atoms. The first-order valence-corrected chi connectivity index (χ1v) is 12.7. The first-order chi connectivity index (χ1) is 17.7. The van der Waals surface area contributed by atoms with E-state index in [-0.39, 0.29) is 32.8 Å². The molecule has 2 heterocycles. The molecule has 3 aromatic carbocycles. The van der Waals surface area contributed by atoms with E-state index >= 15 is 0 Å². The van der Waals surface area contributed by atoms with Crippen molar-refractivity contribution in [3.63, 3.8) is 0 Å². The summed E-state index contributed by atoms with van der Waals surface area (Å²) in [5.74, 6) is -4.54. The lowest BCUT2D eigenvalue weighted by Gasteiger charge is -2.27. The minimum atomic E-state index is -2.12. The molecular formula is C29H21Cl2NO5. The van der Waals surface area contributed by atoms with Crippen molar-refractivity contribution < 1.29 is 23.9 Å². The predicted molar refractivity (Wildman–Crippen MR) is 138 cm³/mol. The van der Waals surface area contributed by atoms with Crippen LogP contribution in [-0.4, -0.2) is 29.0 Å². The highest BCUT2D eigenvalue weighted by Gasteiger charge is 2.74. The zero-order valence-corrected chi connectivity index (χ0v) is 21.4. The van der Waals surface area contributed by atoms with Crippen molar-refractivity contribution in [1.29, 1.82) is 0 Å². The Morgan fingerprint density at radius 3 is 2.00 bits per heavy atom. The number of hydrogen-bond acceptors (Lipinski definition) is 5. The van der Waals surface area contributed by atoms with Crippen molar-refractivity contribution in [3.05, 3.63) is 99.0 Å². The van der Waals surface area contributed by atoms with E-state index in [1.807, 2.05) is 24.3 Å². The van der Waals surface area contributed by atoms with Gasteiger partial charge in [0.1, 0.15) is 0 Å². The van der Waals surface area contributed by atoms with E-state index in [1.165, 1.54) is 18.2 Å². The monoisotopic (exact) mass is 533 g/mol. The van der Waals surface area contributed by atoms with Crippen molar-refractivity contribution in [3.8, 4) is 0 Å². The number of carbonyl (C=O) groups is 4. The van der Waals surface area contributed by atoms with Crippen LogP contribution in [0, 0.1) is 11.8 Å². The molecule has 0 bridgehead atoms. The summed E-state index contributed by atoms with van der Waals surface area (Å²) in [5.41, 5.74) is 0.182. The van der Waals surface area contributed by atoms with E-state index in [2.05, 4.69) is 13.8 Å². The molecule has 0 saturated carbocycles. The van der Waals surface area contributed by atoms with Crippen LogP contribution in [-0.2, 0) is 14.3 Å². The highest BCUT2D eigenvalue weighted by molar-refractivity contribution is 6.42. The van der Waals surface area contributed by atoms with E-state index < -0.39 is 46.9 Å². The lowest BCUT2D eigenvalue weighted by molar-refractivity contribution is -0.127. The van der Waals surface area contributed by atoms with Gasteiger partial charge in [-0.15, -0.1) is 0 Å². The minimum absolute atomic E-state index is 0.170. The molecule has 0 radical (unpaired) electrons. The van der Waals surface area contributed by atoms with Crippen LogP contribution in [0.2, 0.25) is 10.0 Å². The molecule has 3 atom stereocenters. The van der Waals surface area contributed by atoms with Gasteiger partial charge in [0.25, 0.3) is 0 Å². The third-order valence-corrected chi connectivity index (χ3v) is 8.35. The standard InChI is InChI=1S/C29H21Cl2NO5/c1-14(2)15-7-9-16(10-8-15)24-22-23(28(36)32(27(22)35)17-11-12-20(30)21(31)13-17)29(37-24)25(33)18-5-3-4-6-19(18)26(29)34/h3-14,22-24H,1-2H3/t22-,23-,24-/m0/s1. The molecule has 186 valence electrons. The molecule has 0 aromatic heterocycles. The quantitative estimate of drug-likeness (QED) is 0.313. The molecule has 3 aliphatic rings. The lowest BCUT2D eigenvalue weighted by Crippen LogP contribution is -2.51. The van der Waals surface area contributed by atoms with Crippen molar-refractivity contribution >= 4 is 52.3 Å². The molecule has 0 unspecified atom stereocenters. The summed E-state index contributed by atoms with van der Waals surface area (Å²) < 4.78 is 6.32. The fraction of sp³-hybridized carbons (Fsp3) is 0.241. The summed E-state index contributed by atoms with van der Waals surface area (Å²) in [6.07, 6.45) is -0.974. The van der Waals surface area contributed by atoms with Gasteiger partial charge in [0.2, 0.25) is 29.0 Å². The van der Waals surface area contributed by atoms with Gasteiger partial charge >= 0.3 is 0 Å². The van der Waals surface area contributed by atoms with Gasteiger partial charge in [-0.2, -0.15) is 0 Å². The van der Waals surface area contributed by atoms with Crippen LogP contribution in [0.4, 0.5) is 5.69 Å². The summed E-state index contributed by atoms with van der Waals surface area (Å²) >= 11 is 12.2. The van der Waals surface area contributed by atoms with Crippen LogP contribution < -0.4 is 4.90 Å². The number of fused-ring (bicyclic) bond motifs is 3. The number of ether oxygens (including phenoxy) is 1. The molecule has 2 aliphatic heterocycles. The molecule has 0 N–H and O–H groups in total. The first-order valence-electron chi connectivity index (χ1n) is 12.0. The first kappa shape index (κ1) is 24.0.